The van der Waals surface area contributed by atoms with E-state index in [0.717, 1.165) is 34.8 Å². The number of carbonyl (C=O) groups is 1. The summed E-state index contributed by atoms with van der Waals surface area (Å²) in [7, 11) is 0. The molecule has 0 spiro atoms. The first-order chi connectivity index (χ1) is 14.7. The molecule has 0 bridgehead atoms. The van der Waals surface area contributed by atoms with Crippen LogP contribution in [0.1, 0.15) is 35.6 Å². The molecule has 2 aromatic carbocycles. The van der Waals surface area contributed by atoms with Crippen LogP contribution in [0.4, 0.5) is 0 Å². The van der Waals surface area contributed by atoms with E-state index in [4.69, 9.17) is 0 Å². The molecule has 0 saturated carbocycles. The lowest BCUT2D eigenvalue weighted by Crippen LogP contribution is -2.41. The Balaban J connectivity index is 1.52. The molecule has 0 saturated heterocycles. The third-order valence-electron chi connectivity index (χ3n) is 6.10. The number of hydrogen-bond acceptors (Lipinski definition) is 4. The first-order valence-corrected chi connectivity index (χ1v) is 10.2. The van der Waals surface area contributed by atoms with Crippen molar-refractivity contribution in [2.45, 2.75) is 31.4 Å². The lowest BCUT2D eigenvalue weighted by atomic mass is 9.72. The quantitative estimate of drug-likeness (QED) is 0.732. The van der Waals surface area contributed by atoms with Crippen LogP contribution in [0.2, 0.25) is 0 Å². The van der Waals surface area contributed by atoms with E-state index in [2.05, 4.69) is 19.8 Å². The van der Waals surface area contributed by atoms with E-state index < -0.39 is 5.60 Å². The summed E-state index contributed by atoms with van der Waals surface area (Å²) in [4.78, 5) is 15.5. The number of nitrogens with zero attached hydrogens (tertiary/aromatic N) is 4. The number of aromatic nitrogens is 3. The van der Waals surface area contributed by atoms with Crippen LogP contribution in [0, 0.1) is 5.92 Å². The standard InChI is InChI=1S/C24H22N4O2/c29-22-15-17(11-13-25-22)23-27-26-21-16-20(12-14-28(21)23)24(30,18-7-3-1-4-8-18)19-9-5-2-6-10-19/h1-11,13,20,30H,12,14-16H2. The Kier molecular flexibility index (Phi) is 4.64. The maximum Gasteiger partial charge on any atom is 0.250 e. The first kappa shape index (κ1) is 18.6. The van der Waals surface area contributed by atoms with Crippen molar-refractivity contribution in [3.8, 4) is 0 Å². The summed E-state index contributed by atoms with van der Waals surface area (Å²) in [6.07, 6.45) is 4.97. The van der Waals surface area contributed by atoms with Crippen molar-refractivity contribution in [2.75, 3.05) is 0 Å². The van der Waals surface area contributed by atoms with E-state index in [1.54, 1.807) is 0 Å². The van der Waals surface area contributed by atoms with Gasteiger partial charge in [-0.05, 0) is 23.6 Å². The fourth-order valence-corrected chi connectivity index (χ4v) is 4.58. The number of dihydropyridines is 1. The van der Waals surface area contributed by atoms with Gasteiger partial charge in [0.15, 0.2) is 5.82 Å². The molecule has 6 nitrogen and oxygen atoms in total. The molecule has 6 heteroatoms. The summed E-state index contributed by atoms with van der Waals surface area (Å²) in [5, 5.41) is 20.8. The molecule has 1 unspecified atom stereocenters. The molecule has 5 rings (SSSR count). The number of allylic oxidation sites excluding steroid dienone is 1. The van der Waals surface area contributed by atoms with Gasteiger partial charge in [-0.3, -0.25) is 4.79 Å². The number of hydrogen-bond donors (Lipinski definition) is 1. The molecule has 0 fully saturated rings. The van der Waals surface area contributed by atoms with E-state index in [9.17, 15) is 9.90 Å². The Bertz CT molecular complexity index is 1090. The van der Waals surface area contributed by atoms with E-state index in [1.165, 1.54) is 6.21 Å². The summed E-state index contributed by atoms with van der Waals surface area (Å²) in [6, 6.07) is 19.7. The van der Waals surface area contributed by atoms with Crippen LogP contribution in [0.5, 0.6) is 0 Å². The highest BCUT2D eigenvalue weighted by atomic mass is 16.3. The zero-order chi connectivity index (χ0) is 20.6. The SMILES string of the molecule is O=C1CC(c2nnc3n2CCC(C(O)(c2ccccc2)c2ccccc2)C3)=CC=N1. The Morgan fingerprint density at radius 1 is 0.967 bits per heavy atom. The highest BCUT2D eigenvalue weighted by Gasteiger charge is 2.42. The average molecular weight is 398 g/mol. The van der Waals surface area contributed by atoms with Gasteiger partial charge >= 0.3 is 0 Å². The van der Waals surface area contributed by atoms with E-state index in [-0.39, 0.29) is 18.2 Å². The van der Waals surface area contributed by atoms with E-state index in [0.29, 0.717) is 13.0 Å². The zero-order valence-corrected chi connectivity index (χ0v) is 16.5. The zero-order valence-electron chi connectivity index (χ0n) is 16.5. The molecule has 0 aliphatic carbocycles. The molecular weight excluding hydrogens is 376 g/mol. The van der Waals surface area contributed by atoms with Crippen LogP contribution < -0.4 is 0 Å². The van der Waals surface area contributed by atoms with Crippen LogP contribution in [-0.2, 0) is 23.4 Å². The van der Waals surface area contributed by atoms with E-state index in [1.807, 2.05) is 66.7 Å². The average Bonchev–Trinajstić information content (AvgIpc) is 3.23. The van der Waals surface area contributed by atoms with Gasteiger partial charge in [0, 0.05) is 30.7 Å². The van der Waals surface area contributed by atoms with Crippen molar-refractivity contribution in [2.24, 2.45) is 10.9 Å². The molecule has 30 heavy (non-hydrogen) atoms. The topological polar surface area (TPSA) is 80.4 Å². The second-order valence-corrected chi connectivity index (χ2v) is 7.82. The summed E-state index contributed by atoms with van der Waals surface area (Å²) in [5.74, 6) is 1.35. The fourth-order valence-electron chi connectivity index (χ4n) is 4.58. The van der Waals surface area contributed by atoms with Crippen molar-refractivity contribution in [1.29, 1.82) is 0 Å². The van der Waals surface area contributed by atoms with Crippen molar-refractivity contribution >= 4 is 17.7 Å². The van der Waals surface area contributed by atoms with Crippen molar-refractivity contribution < 1.29 is 9.90 Å². The third kappa shape index (κ3) is 3.09. The fraction of sp³-hybridized carbons (Fsp3) is 0.250. The van der Waals surface area contributed by atoms with Crippen molar-refractivity contribution in [3.05, 3.63) is 89.5 Å². The summed E-state index contributed by atoms with van der Waals surface area (Å²) >= 11 is 0. The van der Waals surface area contributed by atoms with Crippen LogP contribution in [-0.4, -0.2) is 32.0 Å². The van der Waals surface area contributed by atoms with Crippen LogP contribution in [0.3, 0.4) is 0 Å². The molecule has 1 atom stereocenters. The molecular formula is C24H22N4O2. The predicted molar refractivity (Wildman–Crippen MR) is 114 cm³/mol. The molecule has 150 valence electrons. The molecule has 1 N–H and O–H groups in total. The number of aliphatic imine (C=N–C) groups is 1. The first-order valence-electron chi connectivity index (χ1n) is 10.2. The molecule has 3 heterocycles. The summed E-state index contributed by atoms with van der Waals surface area (Å²) in [5.41, 5.74) is 1.48. The number of carbonyl (C=O) groups excluding carboxylic acids is 1. The van der Waals surface area contributed by atoms with E-state index >= 15 is 0 Å². The minimum Gasteiger partial charge on any atom is -0.380 e. The monoisotopic (exact) mass is 398 g/mol. The van der Waals surface area contributed by atoms with Crippen molar-refractivity contribution in [1.82, 2.24) is 14.8 Å². The van der Waals surface area contributed by atoms with Gasteiger partial charge in [0.2, 0.25) is 5.91 Å². The second-order valence-electron chi connectivity index (χ2n) is 7.82. The van der Waals surface area contributed by atoms with Gasteiger partial charge in [0.05, 0.1) is 6.42 Å². The summed E-state index contributed by atoms with van der Waals surface area (Å²) < 4.78 is 2.07. The number of benzene rings is 2. The number of rotatable bonds is 4. The van der Waals surface area contributed by atoms with Gasteiger partial charge in [-0.1, -0.05) is 60.7 Å². The molecule has 2 aliphatic heterocycles. The molecule has 2 aliphatic rings. The lowest BCUT2D eigenvalue weighted by molar-refractivity contribution is -0.116. The van der Waals surface area contributed by atoms with Gasteiger partial charge in [0.1, 0.15) is 11.4 Å². The maximum absolute atomic E-state index is 12.1. The van der Waals surface area contributed by atoms with Gasteiger partial charge in [-0.25, -0.2) is 4.99 Å². The molecule has 1 amide bonds. The Labute approximate surface area is 174 Å². The smallest absolute Gasteiger partial charge is 0.250 e. The third-order valence-corrected chi connectivity index (χ3v) is 6.10. The minimum absolute atomic E-state index is 0.0459. The highest BCUT2D eigenvalue weighted by molar-refractivity contribution is 6.02. The molecule has 3 aromatic rings. The Morgan fingerprint density at radius 3 is 2.27 bits per heavy atom. The van der Waals surface area contributed by atoms with Crippen LogP contribution in [0.25, 0.3) is 5.57 Å². The van der Waals surface area contributed by atoms with Crippen molar-refractivity contribution in [3.63, 3.8) is 0 Å². The molecule has 1 aromatic heterocycles. The van der Waals surface area contributed by atoms with Gasteiger partial charge in [-0.2, -0.15) is 0 Å². The van der Waals surface area contributed by atoms with Crippen LogP contribution in [0.15, 0.2) is 71.7 Å². The predicted octanol–water partition coefficient (Wildman–Crippen LogP) is 3.16. The van der Waals surface area contributed by atoms with Crippen LogP contribution >= 0.6 is 0 Å². The number of fused-ring (bicyclic) bond motifs is 1. The normalized spacial score (nSPS) is 18.8. The number of amides is 1. The largest absolute Gasteiger partial charge is 0.380 e. The van der Waals surface area contributed by atoms with Gasteiger partial charge in [-0.15, -0.1) is 10.2 Å². The van der Waals surface area contributed by atoms with Gasteiger partial charge in [0.25, 0.3) is 0 Å². The lowest BCUT2D eigenvalue weighted by Gasteiger charge is -2.39. The highest BCUT2D eigenvalue weighted by Crippen LogP contribution is 2.42. The summed E-state index contributed by atoms with van der Waals surface area (Å²) in [6.45, 7) is 0.687. The minimum atomic E-state index is -1.12. The maximum atomic E-state index is 12.1. The Morgan fingerprint density at radius 2 is 1.63 bits per heavy atom. The molecule has 0 radical (unpaired) electrons. The number of aliphatic hydroxyl groups is 1. The second kappa shape index (κ2) is 7.46. The van der Waals surface area contributed by atoms with Gasteiger partial charge < -0.3 is 9.67 Å². The Hall–Kier alpha value is -3.38.